The van der Waals surface area contributed by atoms with E-state index < -0.39 is 10.0 Å². The van der Waals surface area contributed by atoms with Crippen molar-refractivity contribution in [1.82, 2.24) is 14.5 Å². The number of sulfonamides is 1. The third-order valence-corrected chi connectivity index (χ3v) is 6.43. The summed E-state index contributed by atoms with van der Waals surface area (Å²) in [5.41, 5.74) is 0.363. The van der Waals surface area contributed by atoms with E-state index >= 15 is 0 Å². The Morgan fingerprint density at radius 2 is 1.92 bits per heavy atom. The van der Waals surface area contributed by atoms with Gasteiger partial charge in [0.15, 0.2) is 0 Å². The fraction of sp³-hybridized carbons (Fsp3) is 0.611. The molecule has 0 radical (unpaired) electrons. The van der Waals surface area contributed by atoms with Gasteiger partial charge in [-0.15, -0.1) is 0 Å². The van der Waals surface area contributed by atoms with Gasteiger partial charge < -0.3 is 15.0 Å². The number of benzene rings is 1. The Kier molecular flexibility index (Phi) is 8.02. The van der Waals surface area contributed by atoms with Crippen molar-refractivity contribution in [3.63, 3.8) is 0 Å². The summed E-state index contributed by atoms with van der Waals surface area (Å²) < 4.78 is 32.0. The highest BCUT2D eigenvalue weighted by atomic mass is 32.2. The van der Waals surface area contributed by atoms with Crippen molar-refractivity contribution in [2.75, 3.05) is 52.5 Å². The summed E-state index contributed by atoms with van der Waals surface area (Å²) in [5.74, 6) is -0.247. The van der Waals surface area contributed by atoms with E-state index in [1.165, 1.54) is 16.4 Å². The lowest BCUT2D eigenvalue weighted by Gasteiger charge is -2.26. The van der Waals surface area contributed by atoms with Gasteiger partial charge in [-0.25, -0.2) is 8.42 Å². The molecule has 1 fully saturated rings. The smallest absolute Gasteiger partial charge is 0.251 e. The van der Waals surface area contributed by atoms with Crippen molar-refractivity contribution in [3.8, 4) is 0 Å². The predicted octanol–water partition coefficient (Wildman–Crippen LogP) is 1.17. The van der Waals surface area contributed by atoms with Gasteiger partial charge in [0.25, 0.3) is 5.91 Å². The predicted molar refractivity (Wildman–Crippen MR) is 101 cm³/mol. The minimum absolute atomic E-state index is 0.148. The summed E-state index contributed by atoms with van der Waals surface area (Å²) >= 11 is 0. The topological polar surface area (TPSA) is 79.0 Å². The monoisotopic (exact) mass is 383 g/mol. The molecule has 2 rings (SSSR count). The summed E-state index contributed by atoms with van der Waals surface area (Å²) in [7, 11) is -3.59. The summed E-state index contributed by atoms with van der Waals surface area (Å²) in [6.07, 6.45) is 0.860. The van der Waals surface area contributed by atoms with E-state index in [0.717, 1.165) is 26.1 Å². The number of nitrogens with one attached hydrogen (secondary N) is 1. The van der Waals surface area contributed by atoms with Crippen molar-refractivity contribution >= 4 is 15.9 Å². The average molecular weight is 384 g/mol. The lowest BCUT2D eigenvalue weighted by molar-refractivity contribution is 0.0730. The minimum atomic E-state index is -3.59. The Labute approximate surface area is 156 Å². The van der Waals surface area contributed by atoms with Crippen LogP contribution < -0.4 is 5.32 Å². The molecule has 1 aromatic rings. The third-order valence-electron chi connectivity index (χ3n) is 4.54. The Balaban J connectivity index is 1.96. The molecule has 0 aromatic heterocycles. The van der Waals surface area contributed by atoms with Crippen molar-refractivity contribution < 1.29 is 17.9 Å². The van der Waals surface area contributed by atoms with Crippen LogP contribution in [0.25, 0.3) is 0 Å². The van der Waals surface area contributed by atoms with Gasteiger partial charge >= 0.3 is 0 Å². The van der Waals surface area contributed by atoms with E-state index in [0.29, 0.717) is 38.4 Å². The van der Waals surface area contributed by atoms with Gasteiger partial charge in [0.1, 0.15) is 0 Å². The third kappa shape index (κ3) is 5.51. The number of carbonyl (C=O) groups is 1. The van der Waals surface area contributed by atoms with Crippen LogP contribution in [0.15, 0.2) is 29.2 Å². The van der Waals surface area contributed by atoms with Crippen LogP contribution >= 0.6 is 0 Å². The average Bonchev–Trinajstić information content (AvgIpc) is 2.68. The van der Waals surface area contributed by atoms with Crippen LogP contribution in [0.1, 0.15) is 30.6 Å². The van der Waals surface area contributed by atoms with E-state index in [2.05, 4.69) is 24.1 Å². The zero-order valence-electron chi connectivity index (χ0n) is 15.6. The molecule has 146 valence electrons. The number of ether oxygens (including phenoxy) is 1. The molecular weight excluding hydrogens is 354 g/mol. The summed E-state index contributed by atoms with van der Waals surface area (Å²) in [4.78, 5) is 14.8. The van der Waals surface area contributed by atoms with Gasteiger partial charge in [-0.3, -0.25) is 4.79 Å². The standard InChI is InChI=1S/C18H29N3O4S/c1-3-20(4-2)10-6-9-19-18(22)16-7-5-8-17(15-16)26(23,24)21-11-13-25-14-12-21/h5,7-8,15H,3-4,6,9-14H2,1-2H3,(H,19,22). The summed E-state index contributed by atoms with van der Waals surface area (Å²) in [6.45, 7) is 9.17. The molecule has 1 aliphatic rings. The maximum absolute atomic E-state index is 12.7. The van der Waals surface area contributed by atoms with Crippen molar-refractivity contribution in [3.05, 3.63) is 29.8 Å². The highest BCUT2D eigenvalue weighted by Crippen LogP contribution is 2.18. The van der Waals surface area contributed by atoms with E-state index in [1.807, 2.05) is 0 Å². The van der Waals surface area contributed by atoms with Crippen LogP contribution in [-0.4, -0.2) is 76.0 Å². The minimum Gasteiger partial charge on any atom is -0.379 e. The van der Waals surface area contributed by atoms with E-state index in [-0.39, 0.29) is 10.8 Å². The van der Waals surface area contributed by atoms with Crippen LogP contribution in [0.5, 0.6) is 0 Å². The van der Waals surface area contributed by atoms with Crippen LogP contribution in [-0.2, 0) is 14.8 Å². The van der Waals surface area contributed by atoms with Crippen LogP contribution in [0.3, 0.4) is 0 Å². The van der Waals surface area contributed by atoms with Crippen molar-refractivity contribution in [2.45, 2.75) is 25.2 Å². The molecular formula is C18H29N3O4S. The molecule has 1 N–H and O–H groups in total. The van der Waals surface area contributed by atoms with Gasteiger partial charge in [-0.2, -0.15) is 4.31 Å². The molecule has 0 unspecified atom stereocenters. The lowest BCUT2D eigenvalue weighted by Crippen LogP contribution is -2.40. The highest BCUT2D eigenvalue weighted by molar-refractivity contribution is 7.89. The fourth-order valence-electron chi connectivity index (χ4n) is 2.88. The normalized spacial score (nSPS) is 16.0. The molecule has 1 saturated heterocycles. The second kappa shape index (κ2) is 10.0. The van der Waals surface area contributed by atoms with Gasteiger partial charge in [0.05, 0.1) is 18.1 Å². The molecule has 0 spiro atoms. The first-order valence-electron chi connectivity index (χ1n) is 9.17. The van der Waals surface area contributed by atoms with E-state index in [4.69, 9.17) is 4.74 Å². The Morgan fingerprint density at radius 3 is 2.58 bits per heavy atom. The number of carbonyl (C=O) groups excluding carboxylic acids is 1. The largest absolute Gasteiger partial charge is 0.379 e. The zero-order valence-corrected chi connectivity index (χ0v) is 16.4. The number of hydrogen-bond donors (Lipinski definition) is 1. The van der Waals surface area contributed by atoms with Gasteiger partial charge in [-0.1, -0.05) is 19.9 Å². The zero-order chi connectivity index (χ0) is 19.0. The van der Waals surface area contributed by atoms with Crippen LogP contribution in [0.2, 0.25) is 0 Å². The molecule has 26 heavy (non-hydrogen) atoms. The Hall–Kier alpha value is -1.48. The Bertz CT molecular complexity index is 683. The molecule has 8 heteroatoms. The molecule has 1 heterocycles. The summed E-state index contributed by atoms with van der Waals surface area (Å²) in [5, 5.41) is 2.87. The molecule has 1 aliphatic heterocycles. The first kappa shape index (κ1) is 20.8. The van der Waals surface area contributed by atoms with Crippen molar-refractivity contribution in [2.24, 2.45) is 0 Å². The van der Waals surface area contributed by atoms with E-state index in [1.54, 1.807) is 12.1 Å². The lowest BCUT2D eigenvalue weighted by atomic mass is 10.2. The molecule has 1 amide bonds. The quantitative estimate of drug-likeness (QED) is 0.648. The number of rotatable bonds is 9. The second-order valence-corrected chi connectivity index (χ2v) is 8.12. The van der Waals surface area contributed by atoms with Gasteiger partial charge in [0, 0.05) is 25.2 Å². The number of morpholine rings is 1. The van der Waals surface area contributed by atoms with Gasteiger partial charge in [-0.05, 0) is 44.3 Å². The maximum Gasteiger partial charge on any atom is 0.251 e. The first-order chi connectivity index (χ1) is 12.5. The van der Waals surface area contributed by atoms with Gasteiger partial charge in [0.2, 0.25) is 10.0 Å². The number of nitrogens with zero attached hydrogens (tertiary/aromatic N) is 2. The Morgan fingerprint density at radius 1 is 1.23 bits per heavy atom. The summed E-state index contributed by atoms with van der Waals surface area (Å²) in [6, 6.07) is 6.22. The number of amides is 1. The fourth-order valence-corrected chi connectivity index (χ4v) is 4.33. The van der Waals surface area contributed by atoms with Crippen LogP contribution in [0, 0.1) is 0 Å². The molecule has 7 nitrogen and oxygen atoms in total. The first-order valence-corrected chi connectivity index (χ1v) is 10.6. The van der Waals surface area contributed by atoms with E-state index in [9.17, 15) is 13.2 Å². The SMILES string of the molecule is CCN(CC)CCCNC(=O)c1cccc(S(=O)(=O)N2CCOCC2)c1. The molecule has 0 aliphatic carbocycles. The molecule has 0 saturated carbocycles. The maximum atomic E-state index is 12.7. The highest BCUT2D eigenvalue weighted by Gasteiger charge is 2.26. The number of hydrogen-bond acceptors (Lipinski definition) is 5. The van der Waals surface area contributed by atoms with Crippen molar-refractivity contribution in [1.29, 1.82) is 0 Å². The van der Waals surface area contributed by atoms with Crippen LogP contribution in [0.4, 0.5) is 0 Å². The molecule has 0 atom stereocenters. The second-order valence-electron chi connectivity index (χ2n) is 6.18. The molecule has 1 aromatic carbocycles. The molecule has 0 bridgehead atoms.